The Balaban J connectivity index is 1.84. The molecule has 6 nitrogen and oxygen atoms in total. The van der Waals surface area contributed by atoms with Gasteiger partial charge in [0, 0.05) is 6.42 Å². The van der Waals surface area contributed by atoms with Crippen molar-refractivity contribution in [2.45, 2.75) is 30.8 Å². The van der Waals surface area contributed by atoms with Gasteiger partial charge in [-0.1, -0.05) is 47.5 Å². The van der Waals surface area contributed by atoms with E-state index in [9.17, 15) is 14.7 Å². The second-order valence-corrected chi connectivity index (χ2v) is 7.75. The van der Waals surface area contributed by atoms with Crippen molar-refractivity contribution in [1.82, 2.24) is 10.6 Å². The number of hydrogen-bond donors (Lipinski definition) is 3. The number of hydrogen-bond acceptors (Lipinski definition) is 4. The van der Waals surface area contributed by atoms with Crippen LogP contribution in [0.1, 0.15) is 24.0 Å². The molecule has 2 aromatic carbocycles. The van der Waals surface area contributed by atoms with Gasteiger partial charge in [-0.15, -0.1) is 0 Å². The van der Waals surface area contributed by atoms with Crippen LogP contribution in [0.3, 0.4) is 0 Å². The van der Waals surface area contributed by atoms with Crippen LogP contribution in [0.15, 0.2) is 42.5 Å². The highest BCUT2D eigenvalue weighted by Crippen LogP contribution is 2.36. The molecule has 29 heavy (non-hydrogen) atoms. The first-order valence-electron chi connectivity index (χ1n) is 9.22. The summed E-state index contributed by atoms with van der Waals surface area (Å²) in [6.07, 6.45) is 1.08. The van der Waals surface area contributed by atoms with Crippen molar-refractivity contribution >= 4 is 35.1 Å². The van der Waals surface area contributed by atoms with Crippen molar-refractivity contribution < 1.29 is 19.4 Å². The summed E-state index contributed by atoms with van der Waals surface area (Å²) < 4.78 is 5.33. The number of nitrogens with one attached hydrogen (secondary N) is 2. The summed E-state index contributed by atoms with van der Waals surface area (Å²) in [4.78, 5) is 24.7. The lowest BCUT2D eigenvalue weighted by Crippen LogP contribution is -2.56. The molecule has 0 saturated carbocycles. The van der Waals surface area contributed by atoms with E-state index in [4.69, 9.17) is 27.9 Å². The summed E-state index contributed by atoms with van der Waals surface area (Å²) >= 11 is 12.2. The fraction of sp³-hybridized carbons (Fsp3) is 0.333. The van der Waals surface area contributed by atoms with Gasteiger partial charge in [0.15, 0.2) is 0 Å². The monoisotopic (exact) mass is 436 g/mol. The van der Waals surface area contributed by atoms with Crippen LogP contribution >= 0.6 is 23.2 Å². The lowest BCUT2D eigenvalue weighted by molar-refractivity contribution is -0.141. The summed E-state index contributed by atoms with van der Waals surface area (Å²) in [5, 5.41) is 16.3. The number of ether oxygens (including phenoxy) is 1. The summed E-state index contributed by atoms with van der Waals surface area (Å²) in [6.45, 7) is 0.448. The highest BCUT2D eigenvalue weighted by Gasteiger charge is 2.49. The fourth-order valence-electron chi connectivity index (χ4n) is 3.79. The van der Waals surface area contributed by atoms with E-state index in [2.05, 4.69) is 10.6 Å². The minimum atomic E-state index is -1.11. The van der Waals surface area contributed by atoms with Crippen molar-refractivity contribution in [3.63, 3.8) is 0 Å². The van der Waals surface area contributed by atoms with Gasteiger partial charge in [-0.05, 0) is 48.7 Å². The number of halogens is 2. The summed E-state index contributed by atoms with van der Waals surface area (Å²) in [5.41, 5.74) is 0.404. The molecule has 1 saturated heterocycles. The summed E-state index contributed by atoms with van der Waals surface area (Å²) in [7, 11) is 1.58. The third kappa shape index (κ3) is 4.50. The van der Waals surface area contributed by atoms with Crippen LogP contribution in [-0.2, 0) is 21.5 Å². The molecule has 0 aromatic heterocycles. The molecule has 1 amide bonds. The topological polar surface area (TPSA) is 87.7 Å². The lowest BCUT2D eigenvalue weighted by atomic mass is 9.82. The number of amides is 1. The molecule has 0 aliphatic carbocycles. The Morgan fingerprint density at radius 3 is 2.69 bits per heavy atom. The number of carboxylic acids is 1. The normalized spacial score (nSPS) is 21.0. The first kappa shape index (κ1) is 21.4. The van der Waals surface area contributed by atoms with Crippen molar-refractivity contribution in [3.05, 3.63) is 63.6 Å². The maximum absolute atomic E-state index is 12.8. The number of carbonyl (C=O) groups is 2. The molecule has 1 heterocycles. The molecular formula is C21H22Cl2N2O4. The summed E-state index contributed by atoms with van der Waals surface area (Å²) in [6, 6.07) is 11.4. The van der Waals surface area contributed by atoms with Gasteiger partial charge < -0.3 is 20.5 Å². The fourth-order valence-corrected chi connectivity index (χ4v) is 4.09. The van der Waals surface area contributed by atoms with Gasteiger partial charge in [0.1, 0.15) is 11.8 Å². The zero-order valence-electron chi connectivity index (χ0n) is 15.9. The molecule has 1 fully saturated rings. The Hall–Kier alpha value is -2.28. The predicted octanol–water partition coefficient (Wildman–Crippen LogP) is 3.39. The SMILES string of the molecule is COc1ccccc1CCC(=O)N[C@]1(c2ccc(Cl)c(Cl)c2)CCNC1C(=O)O. The molecule has 8 heteroatoms. The molecule has 1 aliphatic heterocycles. The average molecular weight is 437 g/mol. The largest absolute Gasteiger partial charge is 0.496 e. The van der Waals surface area contributed by atoms with Gasteiger partial charge in [-0.2, -0.15) is 0 Å². The van der Waals surface area contributed by atoms with Gasteiger partial charge in [0.25, 0.3) is 0 Å². The number of aryl methyl sites for hydroxylation is 1. The standard InChI is InChI=1S/C21H22Cl2N2O4/c1-29-17-5-3-2-4-13(17)6-9-18(26)25-21(10-11-24-19(21)20(27)28)14-7-8-15(22)16(23)12-14/h2-5,7-8,12,19,24H,6,9-11H2,1H3,(H,25,26)(H,27,28)/t19?,21-/m0/s1. The van der Waals surface area contributed by atoms with Crippen LogP contribution in [0.25, 0.3) is 0 Å². The molecule has 3 rings (SSSR count). The number of rotatable bonds is 7. The minimum absolute atomic E-state index is 0.190. The Morgan fingerprint density at radius 1 is 1.24 bits per heavy atom. The highest BCUT2D eigenvalue weighted by molar-refractivity contribution is 6.42. The van der Waals surface area contributed by atoms with Gasteiger partial charge >= 0.3 is 5.97 Å². The van der Waals surface area contributed by atoms with Crippen molar-refractivity contribution in [3.8, 4) is 5.75 Å². The molecule has 3 N–H and O–H groups in total. The predicted molar refractivity (Wildman–Crippen MR) is 112 cm³/mol. The van der Waals surface area contributed by atoms with Crippen molar-refractivity contribution in [2.75, 3.05) is 13.7 Å². The number of para-hydroxylation sites is 1. The first-order chi connectivity index (χ1) is 13.9. The van der Waals surface area contributed by atoms with Gasteiger partial charge in [0.2, 0.25) is 5.91 Å². The van der Waals surface area contributed by atoms with E-state index < -0.39 is 17.6 Å². The van der Waals surface area contributed by atoms with E-state index in [0.29, 0.717) is 40.7 Å². The summed E-state index contributed by atoms with van der Waals surface area (Å²) in [5.74, 6) is -0.582. The average Bonchev–Trinajstić information content (AvgIpc) is 3.13. The number of carboxylic acid groups (broad SMARTS) is 1. The highest BCUT2D eigenvalue weighted by atomic mass is 35.5. The molecule has 0 spiro atoms. The molecule has 0 bridgehead atoms. The second-order valence-electron chi connectivity index (χ2n) is 6.94. The Kier molecular flexibility index (Phi) is 6.67. The molecule has 2 aromatic rings. The smallest absolute Gasteiger partial charge is 0.323 e. The Labute approximate surface area is 179 Å². The lowest BCUT2D eigenvalue weighted by Gasteiger charge is -2.35. The number of carbonyl (C=O) groups excluding carboxylic acids is 1. The maximum Gasteiger partial charge on any atom is 0.323 e. The zero-order valence-corrected chi connectivity index (χ0v) is 17.4. The van der Waals surface area contributed by atoms with E-state index in [0.717, 1.165) is 5.56 Å². The Morgan fingerprint density at radius 2 is 2.00 bits per heavy atom. The number of methoxy groups -OCH3 is 1. The van der Waals surface area contributed by atoms with Gasteiger partial charge in [-0.3, -0.25) is 9.59 Å². The van der Waals surface area contributed by atoms with Crippen molar-refractivity contribution in [2.24, 2.45) is 0 Å². The van der Waals surface area contributed by atoms with Crippen molar-refractivity contribution in [1.29, 1.82) is 0 Å². The maximum atomic E-state index is 12.8. The van der Waals surface area contributed by atoms with E-state index in [1.807, 2.05) is 24.3 Å². The van der Waals surface area contributed by atoms with E-state index in [1.165, 1.54) is 0 Å². The Bertz CT molecular complexity index is 921. The van der Waals surface area contributed by atoms with Gasteiger partial charge in [0.05, 0.1) is 22.7 Å². The molecule has 2 atom stereocenters. The third-order valence-corrected chi connectivity index (χ3v) is 5.96. The van der Waals surface area contributed by atoms with E-state index in [1.54, 1.807) is 25.3 Å². The molecule has 154 valence electrons. The van der Waals surface area contributed by atoms with Crippen LogP contribution in [-0.4, -0.2) is 36.7 Å². The van der Waals surface area contributed by atoms with Crippen LogP contribution in [0.5, 0.6) is 5.75 Å². The van der Waals surface area contributed by atoms with E-state index in [-0.39, 0.29) is 12.3 Å². The first-order valence-corrected chi connectivity index (χ1v) is 9.97. The number of benzene rings is 2. The quantitative estimate of drug-likeness (QED) is 0.618. The number of aliphatic carboxylic acids is 1. The minimum Gasteiger partial charge on any atom is -0.496 e. The molecule has 0 radical (unpaired) electrons. The van der Waals surface area contributed by atoms with Crippen LogP contribution in [0.2, 0.25) is 10.0 Å². The van der Waals surface area contributed by atoms with Crippen LogP contribution < -0.4 is 15.4 Å². The van der Waals surface area contributed by atoms with E-state index >= 15 is 0 Å². The molecular weight excluding hydrogens is 415 g/mol. The van der Waals surface area contributed by atoms with Crippen LogP contribution in [0.4, 0.5) is 0 Å². The second kappa shape index (κ2) is 9.03. The third-order valence-electron chi connectivity index (χ3n) is 5.22. The van der Waals surface area contributed by atoms with Gasteiger partial charge in [-0.25, -0.2) is 0 Å². The molecule has 1 aliphatic rings. The zero-order chi connectivity index (χ0) is 21.0. The van der Waals surface area contributed by atoms with Crippen LogP contribution in [0, 0.1) is 0 Å². The molecule has 1 unspecified atom stereocenters.